The summed E-state index contributed by atoms with van der Waals surface area (Å²) in [4.78, 5) is 26.6. The van der Waals surface area contributed by atoms with Gasteiger partial charge in [-0.3, -0.25) is 9.59 Å². The third-order valence-corrected chi connectivity index (χ3v) is 6.11. The van der Waals surface area contributed by atoms with E-state index in [4.69, 9.17) is 0 Å². The minimum absolute atomic E-state index is 0.0174. The molecule has 1 atom stereocenters. The minimum Gasteiger partial charge on any atom is -0.341 e. The fourth-order valence-corrected chi connectivity index (χ4v) is 4.36. The number of carbonyl (C=O) groups excluding carboxylic acids is 2. The summed E-state index contributed by atoms with van der Waals surface area (Å²) in [5.41, 5.74) is 3.20. The number of aryl methyl sites for hydroxylation is 1. The van der Waals surface area contributed by atoms with E-state index < -0.39 is 6.04 Å². The zero-order valence-electron chi connectivity index (χ0n) is 19.5. The third kappa shape index (κ3) is 7.45. The quantitative estimate of drug-likeness (QED) is 0.334. The Kier molecular flexibility index (Phi) is 11.0. The molecular formula is C26H42N2O2. The fourth-order valence-electron chi connectivity index (χ4n) is 4.36. The van der Waals surface area contributed by atoms with E-state index in [0.717, 1.165) is 49.9 Å². The second kappa shape index (κ2) is 13.5. The number of hydrogen-bond donors (Lipinski definition) is 1. The summed E-state index contributed by atoms with van der Waals surface area (Å²) in [5.74, 6) is -0.136. The molecule has 1 aromatic rings. The molecule has 0 fully saturated rings. The first kappa shape index (κ1) is 24.4. The summed E-state index contributed by atoms with van der Waals surface area (Å²) in [5, 5.41) is 2.87. The summed E-state index contributed by atoms with van der Waals surface area (Å²) >= 11 is 0. The van der Waals surface area contributed by atoms with E-state index in [1.165, 1.54) is 63.9 Å². The van der Waals surface area contributed by atoms with Gasteiger partial charge in [-0.1, -0.05) is 90.2 Å². The van der Waals surface area contributed by atoms with Crippen molar-refractivity contribution in [3.05, 3.63) is 29.3 Å². The largest absolute Gasteiger partial charge is 0.341 e. The smallest absolute Gasteiger partial charge is 0.254 e. The SMILES string of the molecule is CCCCCCCCCCCCN1C(=O)C(NC(C)=O)c2cc(CCCC)ccc21. The molecule has 168 valence electrons. The lowest BCUT2D eigenvalue weighted by molar-refractivity contribution is -0.126. The van der Waals surface area contributed by atoms with Gasteiger partial charge in [0.1, 0.15) is 6.04 Å². The van der Waals surface area contributed by atoms with Crippen molar-refractivity contribution in [2.45, 2.75) is 110 Å². The number of carbonyl (C=O) groups is 2. The lowest BCUT2D eigenvalue weighted by Crippen LogP contribution is -2.37. The number of fused-ring (bicyclic) bond motifs is 1. The van der Waals surface area contributed by atoms with Crippen LogP contribution in [0.4, 0.5) is 5.69 Å². The maximum absolute atomic E-state index is 13.0. The maximum atomic E-state index is 13.0. The summed E-state index contributed by atoms with van der Waals surface area (Å²) in [6.45, 7) is 6.67. The van der Waals surface area contributed by atoms with Crippen LogP contribution >= 0.6 is 0 Å². The van der Waals surface area contributed by atoms with Crippen LogP contribution in [-0.4, -0.2) is 18.4 Å². The van der Waals surface area contributed by atoms with Gasteiger partial charge in [0.25, 0.3) is 5.91 Å². The van der Waals surface area contributed by atoms with Crippen molar-refractivity contribution in [1.82, 2.24) is 5.32 Å². The van der Waals surface area contributed by atoms with Gasteiger partial charge in [-0.2, -0.15) is 0 Å². The number of hydrogen-bond acceptors (Lipinski definition) is 2. The summed E-state index contributed by atoms with van der Waals surface area (Å²) in [7, 11) is 0. The Hall–Kier alpha value is -1.84. The van der Waals surface area contributed by atoms with Crippen LogP contribution in [0, 0.1) is 0 Å². The molecule has 4 nitrogen and oxygen atoms in total. The highest BCUT2D eigenvalue weighted by molar-refractivity contribution is 6.06. The molecule has 0 saturated carbocycles. The van der Waals surface area contributed by atoms with E-state index in [1.54, 1.807) is 0 Å². The molecular weight excluding hydrogens is 372 g/mol. The molecule has 0 aromatic heterocycles. The summed E-state index contributed by atoms with van der Waals surface area (Å²) in [6.07, 6.45) is 16.1. The number of rotatable bonds is 15. The molecule has 2 rings (SSSR count). The number of unbranched alkanes of at least 4 members (excludes halogenated alkanes) is 10. The van der Waals surface area contributed by atoms with Crippen molar-refractivity contribution >= 4 is 17.5 Å². The Labute approximate surface area is 183 Å². The Bertz CT molecular complexity index is 671. The molecule has 2 amide bonds. The summed E-state index contributed by atoms with van der Waals surface area (Å²) in [6, 6.07) is 5.82. The van der Waals surface area contributed by atoms with Crippen LogP contribution in [0.15, 0.2) is 18.2 Å². The molecule has 4 heteroatoms. The van der Waals surface area contributed by atoms with Gasteiger partial charge in [-0.15, -0.1) is 0 Å². The van der Waals surface area contributed by atoms with Crippen molar-refractivity contribution in [3.63, 3.8) is 0 Å². The molecule has 1 N–H and O–H groups in total. The van der Waals surface area contributed by atoms with Crippen molar-refractivity contribution < 1.29 is 9.59 Å². The Morgan fingerprint density at radius 2 is 1.50 bits per heavy atom. The van der Waals surface area contributed by atoms with E-state index in [2.05, 4.69) is 37.4 Å². The van der Waals surface area contributed by atoms with Crippen molar-refractivity contribution in [2.24, 2.45) is 0 Å². The highest BCUT2D eigenvalue weighted by Crippen LogP contribution is 2.37. The third-order valence-electron chi connectivity index (χ3n) is 6.11. The second-order valence-electron chi connectivity index (χ2n) is 8.80. The number of anilines is 1. The van der Waals surface area contributed by atoms with E-state index in [-0.39, 0.29) is 11.8 Å². The standard InChI is InChI=1S/C26H42N2O2/c1-4-6-8-9-10-11-12-13-14-15-19-28-24-18-17-22(16-7-5-2)20-23(24)25(26(28)30)27-21(3)29/h17-18,20,25H,4-16,19H2,1-3H3,(H,27,29). The molecule has 1 aliphatic rings. The number of nitrogens with zero attached hydrogens (tertiary/aromatic N) is 1. The van der Waals surface area contributed by atoms with Crippen LogP contribution in [-0.2, 0) is 16.0 Å². The lowest BCUT2D eigenvalue weighted by Gasteiger charge is -2.18. The number of nitrogens with one attached hydrogen (secondary N) is 1. The van der Waals surface area contributed by atoms with Crippen molar-refractivity contribution in [1.29, 1.82) is 0 Å². The average Bonchev–Trinajstić information content (AvgIpc) is 2.98. The summed E-state index contributed by atoms with van der Waals surface area (Å²) < 4.78 is 0. The molecule has 1 aliphatic heterocycles. The lowest BCUT2D eigenvalue weighted by atomic mass is 10.0. The van der Waals surface area contributed by atoms with Crippen LogP contribution in [0.2, 0.25) is 0 Å². The maximum Gasteiger partial charge on any atom is 0.254 e. The van der Waals surface area contributed by atoms with Gasteiger partial charge in [0, 0.05) is 24.7 Å². The van der Waals surface area contributed by atoms with Crippen LogP contribution in [0.3, 0.4) is 0 Å². The van der Waals surface area contributed by atoms with E-state index in [1.807, 2.05) is 4.90 Å². The van der Waals surface area contributed by atoms with Gasteiger partial charge in [-0.25, -0.2) is 0 Å². The van der Waals surface area contributed by atoms with Gasteiger partial charge in [0.2, 0.25) is 5.91 Å². The molecule has 0 spiro atoms. The van der Waals surface area contributed by atoms with Gasteiger partial charge >= 0.3 is 0 Å². The molecule has 30 heavy (non-hydrogen) atoms. The minimum atomic E-state index is -0.526. The normalized spacial score (nSPS) is 15.5. The Balaban J connectivity index is 1.85. The van der Waals surface area contributed by atoms with Gasteiger partial charge in [0.15, 0.2) is 0 Å². The number of benzene rings is 1. The van der Waals surface area contributed by atoms with Gasteiger partial charge in [-0.05, 0) is 30.9 Å². The first-order valence-electron chi connectivity index (χ1n) is 12.3. The molecule has 0 bridgehead atoms. The fraction of sp³-hybridized carbons (Fsp3) is 0.692. The average molecular weight is 415 g/mol. The van der Waals surface area contributed by atoms with E-state index in [0.29, 0.717) is 0 Å². The predicted molar refractivity (Wildman–Crippen MR) is 126 cm³/mol. The molecule has 0 saturated heterocycles. The van der Waals surface area contributed by atoms with E-state index in [9.17, 15) is 9.59 Å². The van der Waals surface area contributed by atoms with Crippen molar-refractivity contribution in [3.8, 4) is 0 Å². The second-order valence-corrected chi connectivity index (χ2v) is 8.80. The van der Waals surface area contributed by atoms with Crippen molar-refractivity contribution in [2.75, 3.05) is 11.4 Å². The van der Waals surface area contributed by atoms with Gasteiger partial charge in [0.05, 0.1) is 0 Å². The first-order valence-corrected chi connectivity index (χ1v) is 12.3. The highest BCUT2D eigenvalue weighted by atomic mass is 16.2. The topological polar surface area (TPSA) is 49.4 Å². The zero-order chi connectivity index (χ0) is 21.8. The van der Waals surface area contributed by atoms with Gasteiger partial charge < -0.3 is 10.2 Å². The van der Waals surface area contributed by atoms with Crippen LogP contribution < -0.4 is 10.2 Å². The van der Waals surface area contributed by atoms with Crippen LogP contribution in [0.5, 0.6) is 0 Å². The van der Waals surface area contributed by atoms with Crippen LogP contribution in [0.1, 0.15) is 115 Å². The monoisotopic (exact) mass is 414 g/mol. The van der Waals surface area contributed by atoms with Crippen LogP contribution in [0.25, 0.3) is 0 Å². The molecule has 0 radical (unpaired) electrons. The number of amides is 2. The molecule has 1 aromatic carbocycles. The highest BCUT2D eigenvalue weighted by Gasteiger charge is 2.37. The first-order chi connectivity index (χ1) is 14.6. The molecule has 0 aliphatic carbocycles. The Morgan fingerprint density at radius 3 is 2.10 bits per heavy atom. The van der Waals surface area contributed by atoms with E-state index >= 15 is 0 Å². The zero-order valence-corrected chi connectivity index (χ0v) is 19.5. The molecule has 1 unspecified atom stereocenters. The Morgan fingerprint density at radius 1 is 0.900 bits per heavy atom. The predicted octanol–water partition coefficient (Wildman–Crippen LogP) is 6.47. The molecule has 1 heterocycles.